The van der Waals surface area contributed by atoms with Gasteiger partial charge in [0.05, 0.1) is 12.1 Å². The van der Waals surface area contributed by atoms with E-state index in [9.17, 15) is 9.59 Å². The molecule has 1 fully saturated rings. The van der Waals surface area contributed by atoms with Gasteiger partial charge in [-0.3, -0.25) is 0 Å². The third-order valence-corrected chi connectivity index (χ3v) is 4.29. The minimum absolute atomic E-state index is 0.150. The van der Waals surface area contributed by atoms with Gasteiger partial charge in [0.15, 0.2) is 0 Å². The van der Waals surface area contributed by atoms with Gasteiger partial charge >= 0.3 is 0 Å². The molecule has 1 saturated carbocycles. The van der Waals surface area contributed by atoms with Crippen molar-refractivity contribution in [2.75, 3.05) is 6.54 Å². The van der Waals surface area contributed by atoms with Crippen LogP contribution in [0.1, 0.15) is 40.0 Å². The lowest BCUT2D eigenvalue weighted by Crippen LogP contribution is -2.49. The lowest BCUT2D eigenvalue weighted by molar-refractivity contribution is 0.0505. The molecule has 88 valence electrons. The van der Waals surface area contributed by atoms with Crippen molar-refractivity contribution in [2.24, 2.45) is 21.3 Å². The van der Waals surface area contributed by atoms with Crippen LogP contribution in [0, 0.1) is 11.3 Å². The lowest BCUT2D eigenvalue weighted by Gasteiger charge is -2.49. The molecule has 0 heterocycles. The van der Waals surface area contributed by atoms with Gasteiger partial charge in [-0.2, -0.15) is 4.99 Å². The molecule has 0 N–H and O–H groups in total. The number of hydrogen-bond donors (Lipinski definition) is 0. The lowest BCUT2D eigenvalue weighted by atomic mass is 9.58. The minimum Gasteiger partial charge on any atom is -0.211 e. The SMILES string of the molecule is CC1(N=C=O)CCCC(CN=C=O)C1(C)C. The quantitative estimate of drug-likeness (QED) is 0.543. The monoisotopic (exact) mass is 222 g/mol. The van der Waals surface area contributed by atoms with E-state index in [0.717, 1.165) is 19.3 Å². The Kier molecular flexibility index (Phi) is 3.79. The van der Waals surface area contributed by atoms with Gasteiger partial charge < -0.3 is 0 Å². The topological polar surface area (TPSA) is 58.9 Å². The first-order valence-corrected chi connectivity index (χ1v) is 5.60. The number of aliphatic imine (C=N–C) groups is 2. The Morgan fingerprint density at radius 2 is 1.94 bits per heavy atom. The smallest absolute Gasteiger partial charge is 0.211 e. The second-order valence-electron chi connectivity index (χ2n) is 5.22. The van der Waals surface area contributed by atoms with Crippen LogP contribution in [-0.2, 0) is 9.59 Å². The number of nitrogens with zero attached hydrogens (tertiary/aromatic N) is 2. The molecule has 2 atom stereocenters. The Hall–Kier alpha value is -1.24. The van der Waals surface area contributed by atoms with Crippen molar-refractivity contribution in [3.05, 3.63) is 0 Å². The molecular weight excluding hydrogens is 204 g/mol. The van der Waals surface area contributed by atoms with Crippen LogP contribution in [0.2, 0.25) is 0 Å². The second kappa shape index (κ2) is 4.73. The van der Waals surface area contributed by atoms with Crippen molar-refractivity contribution < 1.29 is 9.59 Å². The first-order valence-electron chi connectivity index (χ1n) is 5.60. The van der Waals surface area contributed by atoms with Gasteiger partial charge in [-0.1, -0.05) is 20.3 Å². The van der Waals surface area contributed by atoms with Crippen LogP contribution in [0.25, 0.3) is 0 Å². The molecule has 0 aliphatic heterocycles. The highest BCUT2D eigenvalue weighted by Crippen LogP contribution is 2.49. The van der Waals surface area contributed by atoms with Gasteiger partial charge in [-0.15, -0.1) is 0 Å². The first-order chi connectivity index (χ1) is 7.48. The molecule has 4 nitrogen and oxygen atoms in total. The van der Waals surface area contributed by atoms with E-state index in [1.54, 1.807) is 12.2 Å². The van der Waals surface area contributed by atoms with Gasteiger partial charge in [-0.05, 0) is 31.1 Å². The van der Waals surface area contributed by atoms with E-state index in [-0.39, 0.29) is 11.3 Å². The van der Waals surface area contributed by atoms with Crippen molar-refractivity contribution >= 4 is 12.2 Å². The molecule has 16 heavy (non-hydrogen) atoms. The summed E-state index contributed by atoms with van der Waals surface area (Å²) in [7, 11) is 0. The van der Waals surface area contributed by atoms with Crippen LogP contribution in [-0.4, -0.2) is 24.2 Å². The van der Waals surface area contributed by atoms with E-state index < -0.39 is 5.54 Å². The summed E-state index contributed by atoms with van der Waals surface area (Å²) in [6.07, 6.45) is 6.16. The summed E-state index contributed by atoms with van der Waals surface area (Å²) >= 11 is 0. The van der Waals surface area contributed by atoms with Crippen LogP contribution in [0.3, 0.4) is 0 Å². The third kappa shape index (κ3) is 2.13. The molecule has 0 aromatic carbocycles. The molecular formula is C12H18N2O2. The Labute approximate surface area is 95.9 Å². The summed E-state index contributed by atoms with van der Waals surface area (Å²) in [5, 5.41) is 0. The second-order valence-corrected chi connectivity index (χ2v) is 5.22. The third-order valence-electron chi connectivity index (χ3n) is 4.29. The summed E-state index contributed by atoms with van der Waals surface area (Å²) < 4.78 is 0. The zero-order valence-electron chi connectivity index (χ0n) is 10.1. The molecule has 0 aromatic rings. The van der Waals surface area contributed by atoms with Gasteiger partial charge in [0.1, 0.15) is 0 Å². The number of carbonyl (C=O) groups excluding carboxylic acids is 2. The number of isocyanates is 2. The fraction of sp³-hybridized carbons (Fsp3) is 0.833. The van der Waals surface area contributed by atoms with Gasteiger partial charge in [0.2, 0.25) is 12.2 Å². The summed E-state index contributed by atoms with van der Waals surface area (Å²) in [4.78, 5) is 28.3. The molecule has 0 bridgehead atoms. The Bertz CT molecular complexity index is 352. The number of hydrogen-bond acceptors (Lipinski definition) is 4. The molecule has 4 heteroatoms. The molecule has 1 aliphatic carbocycles. The van der Waals surface area contributed by atoms with Crippen LogP contribution < -0.4 is 0 Å². The summed E-state index contributed by atoms with van der Waals surface area (Å²) in [6.45, 7) is 6.62. The van der Waals surface area contributed by atoms with Gasteiger partial charge in [0.25, 0.3) is 0 Å². The van der Waals surface area contributed by atoms with Gasteiger partial charge in [-0.25, -0.2) is 14.6 Å². The normalized spacial score (nSPS) is 32.3. The molecule has 0 saturated heterocycles. The molecule has 1 aliphatic rings. The minimum atomic E-state index is -0.393. The first kappa shape index (κ1) is 12.8. The van der Waals surface area contributed by atoms with E-state index in [2.05, 4.69) is 23.8 Å². The summed E-state index contributed by atoms with van der Waals surface area (Å²) in [5.41, 5.74) is -0.543. The average Bonchev–Trinajstić information content (AvgIpc) is 2.21. The molecule has 0 amide bonds. The van der Waals surface area contributed by atoms with Crippen LogP contribution in [0.15, 0.2) is 9.98 Å². The van der Waals surface area contributed by atoms with Crippen LogP contribution >= 0.6 is 0 Å². The van der Waals surface area contributed by atoms with Crippen molar-refractivity contribution in [3.8, 4) is 0 Å². The largest absolute Gasteiger partial charge is 0.235 e. The van der Waals surface area contributed by atoms with E-state index in [1.807, 2.05) is 6.92 Å². The van der Waals surface area contributed by atoms with Gasteiger partial charge in [0, 0.05) is 0 Å². The fourth-order valence-electron chi connectivity index (χ4n) is 2.58. The molecule has 2 unspecified atom stereocenters. The summed E-state index contributed by atoms with van der Waals surface area (Å²) in [6, 6.07) is 0. The maximum absolute atomic E-state index is 10.5. The summed E-state index contributed by atoms with van der Waals surface area (Å²) in [5.74, 6) is 0.268. The standard InChI is InChI=1S/C12H18N2O2/c1-11(2)10(7-13-8-15)5-4-6-12(11,3)14-9-16/h10H,4-7H2,1-3H3. The van der Waals surface area contributed by atoms with E-state index in [4.69, 9.17) is 0 Å². The van der Waals surface area contributed by atoms with Crippen LogP contribution in [0.4, 0.5) is 0 Å². The molecule has 0 spiro atoms. The average molecular weight is 222 g/mol. The fourth-order valence-corrected chi connectivity index (χ4v) is 2.58. The molecule has 0 aromatic heterocycles. The van der Waals surface area contributed by atoms with E-state index >= 15 is 0 Å². The highest BCUT2D eigenvalue weighted by Gasteiger charge is 2.48. The van der Waals surface area contributed by atoms with Crippen molar-refractivity contribution in [2.45, 2.75) is 45.6 Å². The number of rotatable bonds is 3. The maximum atomic E-state index is 10.5. The van der Waals surface area contributed by atoms with Crippen molar-refractivity contribution in [1.82, 2.24) is 0 Å². The van der Waals surface area contributed by atoms with E-state index in [1.165, 1.54) is 0 Å². The van der Waals surface area contributed by atoms with E-state index in [0.29, 0.717) is 6.54 Å². The zero-order valence-corrected chi connectivity index (χ0v) is 10.1. The molecule has 1 rings (SSSR count). The predicted molar refractivity (Wildman–Crippen MR) is 60.6 cm³/mol. The maximum Gasteiger partial charge on any atom is 0.235 e. The predicted octanol–water partition coefficient (Wildman–Crippen LogP) is 2.24. The zero-order chi connectivity index (χ0) is 12.2. The Morgan fingerprint density at radius 3 is 2.50 bits per heavy atom. The van der Waals surface area contributed by atoms with Crippen molar-refractivity contribution in [3.63, 3.8) is 0 Å². The Morgan fingerprint density at radius 1 is 1.25 bits per heavy atom. The highest BCUT2D eigenvalue weighted by atomic mass is 16.1. The highest BCUT2D eigenvalue weighted by molar-refractivity contribution is 5.36. The van der Waals surface area contributed by atoms with Crippen LogP contribution in [0.5, 0.6) is 0 Å². The van der Waals surface area contributed by atoms with Crippen molar-refractivity contribution in [1.29, 1.82) is 0 Å². The Balaban J connectivity index is 2.98. The molecule has 0 radical (unpaired) electrons.